The molecule has 1 aliphatic heterocycles. The summed E-state index contributed by atoms with van der Waals surface area (Å²) in [5.41, 5.74) is 1.39. The second-order valence-corrected chi connectivity index (χ2v) is 5.78. The van der Waals surface area contributed by atoms with Gasteiger partial charge in [0, 0.05) is 46.3 Å². The lowest BCUT2D eigenvalue weighted by molar-refractivity contribution is 0.258. The molecule has 1 aliphatic rings. The van der Waals surface area contributed by atoms with Crippen LogP contribution in [-0.2, 0) is 6.54 Å². The molecule has 2 unspecified atom stereocenters. The van der Waals surface area contributed by atoms with Gasteiger partial charge in [0.15, 0.2) is 5.96 Å². The molecule has 1 N–H and O–H groups in total. The van der Waals surface area contributed by atoms with Gasteiger partial charge in [-0.25, -0.2) is 0 Å². The zero-order valence-corrected chi connectivity index (χ0v) is 15.7. The van der Waals surface area contributed by atoms with Crippen LogP contribution in [0.2, 0.25) is 0 Å². The summed E-state index contributed by atoms with van der Waals surface area (Å²) in [6.45, 7) is 4.41. The lowest BCUT2D eigenvalue weighted by Gasteiger charge is -2.22. The van der Waals surface area contributed by atoms with Crippen LogP contribution in [0.25, 0.3) is 0 Å². The Bertz CT molecular complexity index is 447. The SMILES string of the molecule is CN=C(NC1CC(C)N(Cc2ccccc2)C1)N(C)C.I. The van der Waals surface area contributed by atoms with Crippen molar-refractivity contribution in [3.05, 3.63) is 35.9 Å². The maximum Gasteiger partial charge on any atom is 0.193 e. The first-order valence-corrected chi connectivity index (χ1v) is 7.28. The minimum Gasteiger partial charge on any atom is -0.352 e. The summed E-state index contributed by atoms with van der Waals surface area (Å²) in [6, 6.07) is 11.8. The Morgan fingerprint density at radius 3 is 2.57 bits per heavy atom. The van der Waals surface area contributed by atoms with E-state index in [1.54, 1.807) is 0 Å². The quantitative estimate of drug-likeness (QED) is 0.479. The van der Waals surface area contributed by atoms with E-state index in [0.717, 1.165) is 19.0 Å². The van der Waals surface area contributed by atoms with Crippen molar-refractivity contribution < 1.29 is 0 Å². The van der Waals surface area contributed by atoms with E-state index in [4.69, 9.17) is 0 Å². The lowest BCUT2D eigenvalue weighted by Crippen LogP contribution is -2.43. The van der Waals surface area contributed by atoms with Crippen molar-refractivity contribution in [1.29, 1.82) is 0 Å². The van der Waals surface area contributed by atoms with Gasteiger partial charge < -0.3 is 10.2 Å². The Hall–Kier alpha value is -0.820. The van der Waals surface area contributed by atoms with E-state index in [1.165, 1.54) is 12.0 Å². The zero-order chi connectivity index (χ0) is 14.5. The van der Waals surface area contributed by atoms with Crippen molar-refractivity contribution in [2.45, 2.75) is 32.0 Å². The molecule has 2 rings (SSSR count). The molecular weight excluding hydrogens is 375 g/mol. The number of hydrogen-bond donors (Lipinski definition) is 1. The molecule has 1 heterocycles. The minimum absolute atomic E-state index is 0. The molecule has 1 fully saturated rings. The number of rotatable bonds is 3. The van der Waals surface area contributed by atoms with Crippen molar-refractivity contribution in [2.24, 2.45) is 4.99 Å². The molecule has 0 radical (unpaired) electrons. The standard InChI is InChI=1S/C16H26N4.HI/c1-13-10-15(18-16(17-2)19(3)4)12-20(13)11-14-8-6-5-7-9-14;/h5-9,13,15H,10-12H2,1-4H3,(H,17,18);1H. The molecule has 0 aliphatic carbocycles. The predicted octanol–water partition coefficient (Wildman–Crippen LogP) is 2.40. The number of hydrogen-bond acceptors (Lipinski definition) is 2. The number of aliphatic imine (C=N–C) groups is 1. The Labute approximate surface area is 145 Å². The second-order valence-electron chi connectivity index (χ2n) is 5.78. The van der Waals surface area contributed by atoms with E-state index in [0.29, 0.717) is 12.1 Å². The van der Waals surface area contributed by atoms with Crippen LogP contribution in [0.3, 0.4) is 0 Å². The fourth-order valence-corrected chi connectivity index (χ4v) is 2.82. The van der Waals surface area contributed by atoms with Gasteiger partial charge in [0.05, 0.1) is 0 Å². The Morgan fingerprint density at radius 2 is 2.00 bits per heavy atom. The average molecular weight is 402 g/mol. The van der Waals surface area contributed by atoms with Gasteiger partial charge in [0.25, 0.3) is 0 Å². The molecule has 0 bridgehead atoms. The van der Waals surface area contributed by atoms with Gasteiger partial charge >= 0.3 is 0 Å². The molecular formula is C16H27IN4. The Kier molecular flexibility index (Phi) is 7.45. The van der Waals surface area contributed by atoms with Crippen LogP contribution in [-0.4, -0.2) is 55.5 Å². The second kappa shape index (κ2) is 8.58. The summed E-state index contributed by atoms with van der Waals surface area (Å²) in [4.78, 5) is 8.87. The van der Waals surface area contributed by atoms with Gasteiger partial charge in [0.2, 0.25) is 0 Å². The summed E-state index contributed by atoms with van der Waals surface area (Å²) < 4.78 is 0. The van der Waals surface area contributed by atoms with Crippen molar-refractivity contribution in [1.82, 2.24) is 15.1 Å². The first-order valence-electron chi connectivity index (χ1n) is 7.28. The number of benzene rings is 1. The number of nitrogens with zero attached hydrogens (tertiary/aromatic N) is 3. The van der Waals surface area contributed by atoms with Crippen LogP contribution in [0.1, 0.15) is 18.9 Å². The van der Waals surface area contributed by atoms with E-state index in [-0.39, 0.29) is 24.0 Å². The predicted molar refractivity (Wildman–Crippen MR) is 100 cm³/mol. The van der Waals surface area contributed by atoms with E-state index in [1.807, 2.05) is 26.0 Å². The third-order valence-corrected chi connectivity index (χ3v) is 3.90. The van der Waals surface area contributed by atoms with Crippen LogP contribution in [0.4, 0.5) is 0 Å². The molecule has 0 saturated carbocycles. The van der Waals surface area contributed by atoms with Crippen molar-refractivity contribution in [3.63, 3.8) is 0 Å². The normalized spacial score (nSPS) is 22.8. The van der Waals surface area contributed by atoms with E-state index in [9.17, 15) is 0 Å². The fourth-order valence-electron chi connectivity index (χ4n) is 2.82. The van der Waals surface area contributed by atoms with E-state index >= 15 is 0 Å². The zero-order valence-electron chi connectivity index (χ0n) is 13.4. The molecule has 4 nitrogen and oxygen atoms in total. The van der Waals surface area contributed by atoms with Gasteiger partial charge in [-0.05, 0) is 18.9 Å². The number of guanidine groups is 1. The van der Waals surface area contributed by atoms with Crippen molar-refractivity contribution >= 4 is 29.9 Å². The Balaban J connectivity index is 0.00000220. The highest BCUT2D eigenvalue weighted by molar-refractivity contribution is 14.0. The summed E-state index contributed by atoms with van der Waals surface area (Å²) in [7, 11) is 5.88. The first kappa shape index (κ1) is 18.2. The van der Waals surface area contributed by atoms with E-state index in [2.05, 4.69) is 52.5 Å². The maximum atomic E-state index is 4.30. The van der Waals surface area contributed by atoms with Gasteiger partial charge in [-0.3, -0.25) is 9.89 Å². The van der Waals surface area contributed by atoms with Gasteiger partial charge in [-0.2, -0.15) is 0 Å². The summed E-state index contributed by atoms with van der Waals surface area (Å²) in [5.74, 6) is 0.962. The third-order valence-electron chi connectivity index (χ3n) is 3.90. The van der Waals surface area contributed by atoms with Crippen molar-refractivity contribution in [2.75, 3.05) is 27.7 Å². The molecule has 118 valence electrons. The highest BCUT2D eigenvalue weighted by Crippen LogP contribution is 2.20. The third kappa shape index (κ3) is 5.14. The Morgan fingerprint density at radius 1 is 1.33 bits per heavy atom. The topological polar surface area (TPSA) is 30.9 Å². The molecule has 0 aromatic heterocycles. The monoisotopic (exact) mass is 402 g/mol. The molecule has 1 aromatic carbocycles. The van der Waals surface area contributed by atoms with Gasteiger partial charge in [0.1, 0.15) is 0 Å². The van der Waals surface area contributed by atoms with Gasteiger partial charge in [-0.1, -0.05) is 30.3 Å². The fraction of sp³-hybridized carbons (Fsp3) is 0.562. The highest BCUT2D eigenvalue weighted by Gasteiger charge is 2.29. The van der Waals surface area contributed by atoms with Crippen LogP contribution in [0, 0.1) is 0 Å². The van der Waals surface area contributed by atoms with E-state index < -0.39 is 0 Å². The highest BCUT2D eigenvalue weighted by atomic mass is 127. The molecule has 0 amide bonds. The maximum absolute atomic E-state index is 4.30. The summed E-state index contributed by atoms with van der Waals surface area (Å²) >= 11 is 0. The van der Waals surface area contributed by atoms with Gasteiger partial charge in [-0.15, -0.1) is 24.0 Å². The largest absolute Gasteiger partial charge is 0.352 e. The average Bonchev–Trinajstić information content (AvgIpc) is 2.77. The van der Waals surface area contributed by atoms with Crippen LogP contribution in [0.15, 0.2) is 35.3 Å². The summed E-state index contributed by atoms with van der Waals surface area (Å²) in [6.07, 6.45) is 1.17. The molecule has 1 saturated heterocycles. The number of likely N-dealkylation sites (tertiary alicyclic amines) is 1. The summed E-state index contributed by atoms with van der Waals surface area (Å²) in [5, 5.41) is 3.55. The molecule has 21 heavy (non-hydrogen) atoms. The molecule has 0 spiro atoms. The number of halogens is 1. The number of nitrogens with one attached hydrogen (secondary N) is 1. The van der Waals surface area contributed by atoms with Crippen LogP contribution >= 0.6 is 24.0 Å². The minimum atomic E-state index is 0. The van der Waals surface area contributed by atoms with Crippen molar-refractivity contribution in [3.8, 4) is 0 Å². The first-order chi connectivity index (χ1) is 9.60. The lowest BCUT2D eigenvalue weighted by atomic mass is 10.2. The molecule has 2 atom stereocenters. The molecule has 1 aromatic rings. The molecule has 5 heteroatoms. The van der Waals surface area contributed by atoms with Crippen LogP contribution < -0.4 is 5.32 Å². The smallest absolute Gasteiger partial charge is 0.193 e. The van der Waals surface area contributed by atoms with Crippen LogP contribution in [0.5, 0.6) is 0 Å².